The second-order valence-corrected chi connectivity index (χ2v) is 5.73. The molecule has 1 amide bonds. The van der Waals surface area contributed by atoms with Gasteiger partial charge in [-0.15, -0.1) is 6.42 Å². The van der Waals surface area contributed by atoms with Gasteiger partial charge in [-0.2, -0.15) is 0 Å². The number of carbonyl (C=O) groups excluding carboxylic acids is 1. The smallest absolute Gasteiger partial charge is 0.255 e. The fourth-order valence-corrected chi connectivity index (χ4v) is 2.63. The molecule has 2 aromatic rings. The highest BCUT2D eigenvalue weighted by molar-refractivity contribution is 6.30. The van der Waals surface area contributed by atoms with Crippen LogP contribution in [0.25, 0.3) is 10.9 Å². The third kappa shape index (κ3) is 3.01. The van der Waals surface area contributed by atoms with Crippen LogP contribution in [0.15, 0.2) is 30.3 Å². The van der Waals surface area contributed by atoms with E-state index >= 15 is 0 Å². The van der Waals surface area contributed by atoms with Gasteiger partial charge in [0.2, 0.25) is 0 Å². The molecule has 0 bridgehead atoms. The summed E-state index contributed by atoms with van der Waals surface area (Å²) in [6.07, 6.45) is 7.75. The Kier molecular flexibility index (Phi) is 3.81. The molecule has 0 aliphatic heterocycles. The maximum atomic E-state index is 12.8. The topological polar surface area (TPSA) is 33.2 Å². The number of amides is 1. The van der Waals surface area contributed by atoms with Crippen molar-refractivity contribution in [2.75, 3.05) is 13.1 Å². The lowest BCUT2D eigenvalue weighted by Gasteiger charge is -2.21. The number of nitrogens with zero attached hydrogens (tertiary/aromatic N) is 2. The highest BCUT2D eigenvalue weighted by Crippen LogP contribution is 2.30. The predicted octanol–water partition coefficient (Wildman–Crippen LogP) is 3.37. The van der Waals surface area contributed by atoms with Crippen LogP contribution in [0.4, 0.5) is 0 Å². The first-order valence-corrected chi connectivity index (χ1v) is 7.35. The number of pyridine rings is 1. The summed E-state index contributed by atoms with van der Waals surface area (Å²) in [5.41, 5.74) is 1.29. The Bertz CT molecular complexity index is 731. The van der Waals surface area contributed by atoms with Gasteiger partial charge in [-0.05, 0) is 30.9 Å². The van der Waals surface area contributed by atoms with Crippen LogP contribution in [0.3, 0.4) is 0 Å². The van der Waals surface area contributed by atoms with Crippen molar-refractivity contribution in [3.63, 3.8) is 0 Å². The van der Waals surface area contributed by atoms with Gasteiger partial charge in [-0.1, -0.05) is 35.7 Å². The van der Waals surface area contributed by atoms with Gasteiger partial charge in [0.15, 0.2) is 0 Å². The lowest BCUT2D eigenvalue weighted by Crippen LogP contribution is -2.33. The lowest BCUT2D eigenvalue weighted by atomic mass is 10.1. The number of hydrogen-bond acceptors (Lipinski definition) is 2. The highest BCUT2D eigenvalue weighted by Gasteiger charge is 2.27. The Balaban J connectivity index is 2.01. The molecule has 106 valence electrons. The molecule has 0 saturated heterocycles. The van der Waals surface area contributed by atoms with Crippen LogP contribution < -0.4 is 0 Å². The minimum atomic E-state index is -0.0691. The molecule has 4 heteroatoms. The molecule has 0 spiro atoms. The van der Waals surface area contributed by atoms with Gasteiger partial charge >= 0.3 is 0 Å². The van der Waals surface area contributed by atoms with Crippen LogP contribution in [0, 0.1) is 18.3 Å². The second kappa shape index (κ2) is 5.75. The number of terminal acetylenes is 1. The van der Waals surface area contributed by atoms with Gasteiger partial charge < -0.3 is 4.90 Å². The molecule has 0 unspecified atom stereocenters. The van der Waals surface area contributed by atoms with Gasteiger partial charge in [-0.3, -0.25) is 4.79 Å². The van der Waals surface area contributed by atoms with Crippen molar-refractivity contribution in [1.82, 2.24) is 9.88 Å². The Morgan fingerprint density at radius 3 is 2.90 bits per heavy atom. The van der Waals surface area contributed by atoms with Gasteiger partial charge in [0.25, 0.3) is 5.91 Å². The summed E-state index contributed by atoms with van der Waals surface area (Å²) in [4.78, 5) is 18.8. The number of para-hydroxylation sites is 1. The van der Waals surface area contributed by atoms with Crippen LogP contribution in [0.2, 0.25) is 5.15 Å². The quantitative estimate of drug-likeness (QED) is 0.640. The standard InChI is InChI=1S/C17H15ClN2O/c1-2-9-20(11-12-7-8-12)17(21)14-10-16(18)19-15-6-4-3-5-13(14)15/h1,3-6,10,12H,7-9,11H2. The molecule has 21 heavy (non-hydrogen) atoms. The summed E-state index contributed by atoms with van der Waals surface area (Å²) in [5.74, 6) is 3.09. The van der Waals surface area contributed by atoms with Gasteiger partial charge in [0.1, 0.15) is 5.15 Å². The van der Waals surface area contributed by atoms with E-state index in [2.05, 4.69) is 10.9 Å². The van der Waals surface area contributed by atoms with Crippen molar-refractivity contribution in [2.24, 2.45) is 5.92 Å². The number of benzene rings is 1. The van der Waals surface area contributed by atoms with Crippen LogP contribution in [-0.2, 0) is 0 Å². The number of aromatic nitrogens is 1. The van der Waals surface area contributed by atoms with Crippen LogP contribution >= 0.6 is 11.6 Å². The molecule has 3 rings (SSSR count). The number of halogens is 1. The monoisotopic (exact) mass is 298 g/mol. The normalized spacial score (nSPS) is 13.9. The average molecular weight is 299 g/mol. The molecule has 1 aliphatic rings. The van der Waals surface area contributed by atoms with E-state index in [1.807, 2.05) is 24.3 Å². The first kappa shape index (κ1) is 13.9. The van der Waals surface area contributed by atoms with E-state index in [1.54, 1.807) is 11.0 Å². The molecule has 1 fully saturated rings. The Morgan fingerprint density at radius 1 is 1.43 bits per heavy atom. The number of hydrogen-bond donors (Lipinski definition) is 0. The van der Waals surface area contributed by atoms with E-state index in [0.717, 1.165) is 17.4 Å². The number of rotatable bonds is 4. The molecule has 0 radical (unpaired) electrons. The lowest BCUT2D eigenvalue weighted by molar-refractivity contribution is 0.0771. The van der Waals surface area contributed by atoms with E-state index < -0.39 is 0 Å². The average Bonchev–Trinajstić information content (AvgIpc) is 3.29. The minimum Gasteiger partial charge on any atom is -0.327 e. The Morgan fingerprint density at radius 2 is 2.19 bits per heavy atom. The maximum Gasteiger partial charge on any atom is 0.255 e. The molecule has 1 heterocycles. The summed E-state index contributed by atoms with van der Waals surface area (Å²) in [6, 6.07) is 9.13. The fourth-order valence-electron chi connectivity index (χ4n) is 2.43. The third-order valence-corrected chi connectivity index (χ3v) is 3.85. The molecular formula is C17H15ClN2O. The zero-order valence-corrected chi connectivity index (χ0v) is 12.3. The van der Waals surface area contributed by atoms with Crippen LogP contribution in [0.5, 0.6) is 0 Å². The second-order valence-electron chi connectivity index (χ2n) is 5.34. The zero-order valence-electron chi connectivity index (χ0n) is 11.6. The Labute approximate surface area is 128 Å². The molecule has 1 aliphatic carbocycles. The van der Waals surface area contributed by atoms with Crippen molar-refractivity contribution in [1.29, 1.82) is 0 Å². The predicted molar refractivity (Wildman–Crippen MR) is 84.2 cm³/mol. The maximum absolute atomic E-state index is 12.8. The highest BCUT2D eigenvalue weighted by atomic mass is 35.5. The summed E-state index contributed by atoms with van der Waals surface area (Å²) in [7, 11) is 0. The number of carbonyl (C=O) groups is 1. The van der Waals surface area contributed by atoms with Crippen molar-refractivity contribution in [3.05, 3.63) is 41.0 Å². The first-order valence-electron chi connectivity index (χ1n) is 6.97. The molecule has 1 aromatic carbocycles. The van der Waals surface area contributed by atoms with Crippen molar-refractivity contribution < 1.29 is 4.79 Å². The van der Waals surface area contributed by atoms with E-state index in [-0.39, 0.29) is 5.91 Å². The van der Waals surface area contributed by atoms with Gasteiger partial charge in [0.05, 0.1) is 17.6 Å². The van der Waals surface area contributed by atoms with E-state index in [1.165, 1.54) is 12.8 Å². The molecule has 1 aromatic heterocycles. The van der Waals surface area contributed by atoms with Gasteiger partial charge in [0, 0.05) is 11.9 Å². The molecular weight excluding hydrogens is 284 g/mol. The summed E-state index contributed by atoms with van der Waals surface area (Å²) in [5, 5.41) is 1.13. The summed E-state index contributed by atoms with van der Waals surface area (Å²) in [6.45, 7) is 1.04. The van der Waals surface area contributed by atoms with Crippen molar-refractivity contribution in [3.8, 4) is 12.3 Å². The van der Waals surface area contributed by atoms with Crippen molar-refractivity contribution in [2.45, 2.75) is 12.8 Å². The van der Waals surface area contributed by atoms with E-state index in [4.69, 9.17) is 18.0 Å². The molecule has 0 atom stereocenters. The van der Waals surface area contributed by atoms with Crippen LogP contribution in [-0.4, -0.2) is 28.9 Å². The fraction of sp³-hybridized carbons (Fsp3) is 0.294. The van der Waals surface area contributed by atoms with E-state index in [0.29, 0.717) is 23.2 Å². The largest absolute Gasteiger partial charge is 0.327 e. The van der Waals surface area contributed by atoms with E-state index in [9.17, 15) is 4.79 Å². The SMILES string of the molecule is C#CCN(CC1CC1)C(=O)c1cc(Cl)nc2ccccc12. The summed E-state index contributed by atoms with van der Waals surface area (Å²) < 4.78 is 0. The van der Waals surface area contributed by atoms with Gasteiger partial charge in [-0.25, -0.2) is 4.98 Å². The summed E-state index contributed by atoms with van der Waals surface area (Å²) >= 11 is 6.05. The molecule has 0 N–H and O–H groups in total. The Hall–Kier alpha value is -2.05. The zero-order chi connectivity index (χ0) is 14.8. The third-order valence-electron chi connectivity index (χ3n) is 3.66. The molecule has 1 saturated carbocycles. The molecule has 3 nitrogen and oxygen atoms in total. The van der Waals surface area contributed by atoms with Crippen molar-refractivity contribution >= 4 is 28.4 Å². The van der Waals surface area contributed by atoms with Crippen LogP contribution in [0.1, 0.15) is 23.2 Å². The minimum absolute atomic E-state index is 0.0691. The number of fused-ring (bicyclic) bond motifs is 1. The first-order chi connectivity index (χ1) is 10.2.